The number of ether oxygens (including phenoxy) is 2. The van der Waals surface area contributed by atoms with Crippen molar-refractivity contribution in [2.75, 3.05) is 37.4 Å². The third-order valence-electron chi connectivity index (χ3n) is 2.43. The third kappa shape index (κ3) is 5.30. The molecule has 0 aromatic carbocycles. The molecule has 0 spiro atoms. The number of aromatic nitrogens is 2. The second-order valence-electron chi connectivity index (χ2n) is 4.16. The zero-order chi connectivity index (χ0) is 14.1. The predicted octanol–water partition coefficient (Wildman–Crippen LogP) is 1.99. The summed E-state index contributed by atoms with van der Waals surface area (Å²) >= 11 is 0. The second kappa shape index (κ2) is 8.53. The summed E-state index contributed by atoms with van der Waals surface area (Å²) in [6.45, 7) is 8.67. The summed E-state index contributed by atoms with van der Waals surface area (Å²) in [7, 11) is 0. The van der Waals surface area contributed by atoms with Crippen molar-refractivity contribution in [2.24, 2.45) is 0 Å². The highest BCUT2D eigenvalue weighted by Crippen LogP contribution is 2.25. The first-order valence-corrected chi connectivity index (χ1v) is 6.77. The summed E-state index contributed by atoms with van der Waals surface area (Å²) in [6.07, 6.45) is 1.82. The van der Waals surface area contributed by atoms with E-state index in [9.17, 15) is 0 Å². The van der Waals surface area contributed by atoms with Gasteiger partial charge in [-0.2, -0.15) is 4.98 Å². The number of nitrogens with zero attached hydrogens (tertiary/aromatic N) is 2. The Bertz CT molecular complexity index is 385. The zero-order valence-corrected chi connectivity index (χ0v) is 12.0. The van der Waals surface area contributed by atoms with Crippen molar-refractivity contribution in [3.05, 3.63) is 5.82 Å². The lowest BCUT2D eigenvalue weighted by Gasteiger charge is -2.12. The molecule has 0 atom stereocenters. The molecule has 6 heteroatoms. The summed E-state index contributed by atoms with van der Waals surface area (Å²) in [5.41, 5.74) is 6.46. The molecular weight excluding hydrogens is 244 g/mol. The first kappa shape index (κ1) is 15.5. The molecule has 0 radical (unpaired) electrons. The van der Waals surface area contributed by atoms with E-state index in [0.717, 1.165) is 32.6 Å². The highest BCUT2D eigenvalue weighted by molar-refractivity contribution is 5.66. The van der Waals surface area contributed by atoms with E-state index < -0.39 is 0 Å². The lowest BCUT2D eigenvalue weighted by Crippen LogP contribution is -2.12. The van der Waals surface area contributed by atoms with Crippen LogP contribution in [0.2, 0.25) is 0 Å². The molecule has 0 aliphatic carbocycles. The number of anilines is 2. The number of aryl methyl sites for hydroxylation is 1. The van der Waals surface area contributed by atoms with Gasteiger partial charge in [-0.15, -0.1) is 0 Å². The fourth-order valence-electron chi connectivity index (χ4n) is 1.52. The third-order valence-corrected chi connectivity index (χ3v) is 2.43. The Balaban J connectivity index is 2.58. The van der Waals surface area contributed by atoms with Crippen molar-refractivity contribution in [3.8, 4) is 5.88 Å². The molecule has 1 aromatic heterocycles. The molecule has 1 aromatic rings. The number of nitrogen functional groups attached to an aromatic ring is 1. The van der Waals surface area contributed by atoms with Gasteiger partial charge < -0.3 is 20.5 Å². The van der Waals surface area contributed by atoms with Crippen LogP contribution in [-0.4, -0.2) is 36.3 Å². The van der Waals surface area contributed by atoms with Crippen LogP contribution in [0, 0.1) is 6.92 Å². The van der Waals surface area contributed by atoms with Gasteiger partial charge in [0, 0.05) is 19.8 Å². The molecule has 0 aliphatic rings. The monoisotopic (exact) mass is 268 g/mol. The van der Waals surface area contributed by atoms with E-state index in [1.165, 1.54) is 0 Å². The molecule has 6 nitrogen and oxygen atoms in total. The Morgan fingerprint density at radius 3 is 2.68 bits per heavy atom. The maximum absolute atomic E-state index is 5.99. The maximum Gasteiger partial charge on any atom is 0.242 e. The van der Waals surface area contributed by atoms with Gasteiger partial charge in [0.2, 0.25) is 5.88 Å². The van der Waals surface area contributed by atoms with E-state index in [4.69, 9.17) is 15.2 Å². The van der Waals surface area contributed by atoms with E-state index in [1.54, 1.807) is 0 Å². The minimum absolute atomic E-state index is 0.460. The summed E-state index contributed by atoms with van der Waals surface area (Å²) in [5.74, 6) is 1.74. The van der Waals surface area contributed by atoms with Gasteiger partial charge in [-0.1, -0.05) is 6.92 Å². The van der Waals surface area contributed by atoms with Crippen LogP contribution in [-0.2, 0) is 4.74 Å². The van der Waals surface area contributed by atoms with Crippen LogP contribution in [0.5, 0.6) is 5.88 Å². The maximum atomic E-state index is 5.99. The Labute approximate surface area is 114 Å². The first-order chi connectivity index (χ1) is 9.19. The lowest BCUT2D eigenvalue weighted by molar-refractivity contribution is 0.147. The standard InChI is InChI=1S/C13H24N4O2/c1-4-8-19-13-11(14)12(16-10(3)17-13)15-7-6-9-18-5-2/h4-9,14H2,1-3H3,(H,15,16,17). The number of nitrogens with one attached hydrogen (secondary N) is 1. The molecule has 108 valence electrons. The Morgan fingerprint density at radius 1 is 1.21 bits per heavy atom. The van der Waals surface area contributed by atoms with Crippen molar-refractivity contribution in [1.82, 2.24) is 9.97 Å². The van der Waals surface area contributed by atoms with Crippen molar-refractivity contribution in [3.63, 3.8) is 0 Å². The highest BCUT2D eigenvalue weighted by Gasteiger charge is 2.10. The molecule has 0 saturated heterocycles. The molecule has 0 unspecified atom stereocenters. The molecule has 0 fully saturated rings. The van der Waals surface area contributed by atoms with Crippen molar-refractivity contribution in [2.45, 2.75) is 33.6 Å². The average molecular weight is 268 g/mol. The van der Waals surface area contributed by atoms with Gasteiger partial charge in [0.1, 0.15) is 11.5 Å². The number of hydrogen-bond donors (Lipinski definition) is 2. The molecule has 1 rings (SSSR count). The van der Waals surface area contributed by atoms with Crippen LogP contribution < -0.4 is 15.8 Å². The van der Waals surface area contributed by atoms with Crippen LogP contribution in [0.3, 0.4) is 0 Å². The van der Waals surface area contributed by atoms with E-state index in [0.29, 0.717) is 29.8 Å². The van der Waals surface area contributed by atoms with Gasteiger partial charge >= 0.3 is 0 Å². The van der Waals surface area contributed by atoms with E-state index in [2.05, 4.69) is 15.3 Å². The minimum Gasteiger partial charge on any atom is -0.476 e. The van der Waals surface area contributed by atoms with E-state index in [1.807, 2.05) is 20.8 Å². The Hall–Kier alpha value is -1.56. The van der Waals surface area contributed by atoms with E-state index >= 15 is 0 Å². The second-order valence-corrected chi connectivity index (χ2v) is 4.16. The Kier molecular flexibility index (Phi) is 6.95. The molecule has 0 aliphatic heterocycles. The molecule has 3 N–H and O–H groups in total. The van der Waals surface area contributed by atoms with Crippen LogP contribution in [0.15, 0.2) is 0 Å². The van der Waals surface area contributed by atoms with Crippen LogP contribution in [0.4, 0.5) is 11.5 Å². The number of hydrogen-bond acceptors (Lipinski definition) is 6. The smallest absolute Gasteiger partial charge is 0.242 e. The van der Waals surface area contributed by atoms with Gasteiger partial charge in [-0.3, -0.25) is 0 Å². The van der Waals surface area contributed by atoms with Gasteiger partial charge in [-0.05, 0) is 26.7 Å². The van der Waals surface area contributed by atoms with E-state index in [-0.39, 0.29) is 0 Å². The van der Waals surface area contributed by atoms with Crippen molar-refractivity contribution in [1.29, 1.82) is 0 Å². The van der Waals surface area contributed by atoms with Crippen LogP contribution >= 0.6 is 0 Å². The molecule has 19 heavy (non-hydrogen) atoms. The summed E-state index contributed by atoms with van der Waals surface area (Å²) in [5, 5.41) is 3.19. The molecular formula is C13H24N4O2. The minimum atomic E-state index is 0.460. The van der Waals surface area contributed by atoms with Crippen molar-refractivity contribution < 1.29 is 9.47 Å². The molecule has 0 amide bonds. The summed E-state index contributed by atoms with van der Waals surface area (Å²) < 4.78 is 10.8. The average Bonchev–Trinajstić information content (AvgIpc) is 2.40. The summed E-state index contributed by atoms with van der Waals surface area (Å²) in [4.78, 5) is 8.50. The zero-order valence-electron chi connectivity index (χ0n) is 12.0. The molecule has 1 heterocycles. The first-order valence-electron chi connectivity index (χ1n) is 6.77. The predicted molar refractivity (Wildman–Crippen MR) is 76.6 cm³/mol. The fourth-order valence-corrected chi connectivity index (χ4v) is 1.52. The normalized spacial score (nSPS) is 10.5. The Morgan fingerprint density at radius 2 is 2.00 bits per heavy atom. The fraction of sp³-hybridized carbons (Fsp3) is 0.692. The SMILES string of the molecule is CCCOc1nc(C)nc(NCCCOCC)c1N. The molecule has 0 bridgehead atoms. The van der Waals surface area contributed by atoms with Crippen molar-refractivity contribution >= 4 is 11.5 Å². The van der Waals surface area contributed by atoms with Crippen LogP contribution in [0.1, 0.15) is 32.5 Å². The van der Waals surface area contributed by atoms with Gasteiger partial charge in [0.05, 0.1) is 6.61 Å². The number of nitrogens with two attached hydrogens (primary N) is 1. The highest BCUT2D eigenvalue weighted by atomic mass is 16.5. The van der Waals surface area contributed by atoms with Crippen LogP contribution in [0.25, 0.3) is 0 Å². The summed E-state index contributed by atoms with van der Waals surface area (Å²) in [6, 6.07) is 0. The topological polar surface area (TPSA) is 82.3 Å². The lowest BCUT2D eigenvalue weighted by atomic mass is 10.4. The number of rotatable bonds is 9. The largest absolute Gasteiger partial charge is 0.476 e. The van der Waals surface area contributed by atoms with Gasteiger partial charge in [0.25, 0.3) is 0 Å². The van der Waals surface area contributed by atoms with Gasteiger partial charge in [-0.25, -0.2) is 4.98 Å². The molecule has 0 saturated carbocycles. The van der Waals surface area contributed by atoms with Gasteiger partial charge in [0.15, 0.2) is 5.82 Å². The quantitative estimate of drug-likeness (QED) is 0.666.